The summed E-state index contributed by atoms with van der Waals surface area (Å²) in [5.74, 6) is 1.99. The number of nitrogens with two attached hydrogens (primary N) is 1. The van der Waals surface area contributed by atoms with Crippen molar-refractivity contribution in [2.24, 2.45) is 0 Å². The molecule has 2 rings (SSSR count). The van der Waals surface area contributed by atoms with Gasteiger partial charge in [-0.05, 0) is 25.1 Å². The Bertz CT molecular complexity index is 511. The van der Waals surface area contributed by atoms with Crippen LogP contribution in [0.3, 0.4) is 0 Å². The van der Waals surface area contributed by atoms with Crippen molar-refractivity contribution in [2.45, 2.75) is 16.8 Å². The van der Waals surface area contributed by atoms with Gasteiger partial charge in [0.1, 0.15) is 22.4 Å². The third-order valence-corrected chi connectivity index (χ3v) is 3.01. The topological polar surface area (TPSA) is 61.0 Å². The standard InChI is InChI=1S/C12H13N3OS/c1-8-14-11(13)7-12(15-8)17-10-5-3-4-9(6-10)16-2/h3-7H,1-2H3,(H2,13,14,15). The van der Waals surface area contributed by atoms with Crippen molar-refractivity contribution in [3.05, 3.63) is 36.2 Å². The number of nitrogen functional groups attached to an aromatic ring is 1. The number of rotatable bonds is 3. The Labute approximate surface area is 104 Å². The van der Waals surface area contributed by atoms with Crippen LogP contribution in [-0.2, 0) is 0 Å². The number of ether oxygens (including phenoxy) is 1. The van der Waals surface area contributed by atoms with Gasteiger partial charge in [-0.3, -0.25) is 0 Å². The number of aryl methyl sites for hydroxylation is 1. The number of anilines is 1. The molecule has 0 aliphatic carbocycles. The molecule has 0 bridgehead atoms. The molecule has 1 aromatic heterocycles. The van der Waals surface area contributed by atoms with Crippen molar-refractivity contribution < 1.29 is 4.74 Å². The molecule has 1 aromatic carbocycles. The fourth-order valence-electron chi connectivity index (χ4n) is 1.40. The lowest BCUT2D eigenvalue weighted by atomic mass is 10.3. The van der Waals surface area contributed by atoms with E-state index in [2.05, 4.69) is 9.97 Å². The van der Waals surface area contributed by atoms with E-state index in [9.17, 15) is 0 Å². The molecule has 0 aliphatic heterocycles. The lowest BCUT2D eigenvalue weighted by Crippen LogP contribution is -1.96. The minimum absolute atomic E-state index is 0.489. The quantitative estimate of drug-likeness (QED) is 0.844. The monoisotopic (exact) mass is 247 g/mol. The van der Waals surface area contributed by atoms with Gasteiger partial charge >= 0.3 is 0 Å². The van der Waals surface area contributed by atoms with Gasteiger partial charge < -0.3 is 10.5 Å². The number of hydrogen-bond donors (Lipinski definition) is 1. The lowest BCUT2D eigenvalue weighted by Gasteiger charge is -2.05. The maximum Gasteiger partial charge on any atom is 0.128 e. The highest BCUT2D eigenvalue weighted by Crippen LogP contribution is 2.29. The molecule has 17 heavy (non-hydrogen) atoms. The minimum Gasteiger partial charge on any atom is -0.497 e. The van der Waals surface area contributed by atoms with Gasteiger partial charge in [-0.1, -0.05) is 17.8 Å². The van der Waals surface area contributed by atoms with Crippen molar-refractivity contribution in [2.75, 3.05) is 12.8 Å². The molecule has 0 radical (unpaired) electrons. The molecule has 1 heterocycles. The van der Waals surface area contributed by atoms with E-state index in [1.807, 2.05) is 31.2 Å². The van der Waals surface area contributed by atoms with Crippen LogP contribution in [0, 0.1) is 6.92 Å². The van der Waals surface area contributed by atoms with Gasteiger partial charge in [-0.25, -0.2) is 9.97 Å². The summed E-state index contributed by atoms with van der Waals surface area (Å²) < 4.78 is 5.17. The molecule has 0 atom stereocenters. The van der Waals surface area contributed by atoms with Crippen LogP contribution in [0.1, 0.15) is 5.82 Å². The fourth-order valence-corrected chi connectivity index (χ4v) is 2.32. The highest BCUT2D eigenvalue weighted by Gasteiger charge is 2.03. The van der Waals surface area contributed by atoms with Crippen LogP contribution >= 0.6 is 11.8 Å². The number of benzene rings is 1. The molecular formula is C12H13N3OS. The number of hydrogen-bond acceptors (Lipinski definition) is 5. The Hall–Kier alpha value is -1.75. The summed E-state index contributed by atoms with van der Waals surface area (Å²) in [5, 5.41) is 0.836. The Morgan fingerprint density at radius 1 is 1.24 bits per heavy atom. The number of nitrogens with zero attached hydrogens (tertiary/aromatic N) is 2. The molecule has 0 spiro atoms. The van der Waals surface area contributed by atoms with E-state index in [-0.39, 0.29) is 0 Å². The smallest absolute Gasteiger partial charge is 0.128 e. The summed E-state index contributed by atoms with van der Waals surface area (Å²) in [5.41, 5.74) is 5.68. The van der Waals surface area contributed by atoms with Gasteiger partial charge in [0.25, 0.3) is 0 Å². The second kappa shape index (κ2) is 5.05. The third-order valence-electron chi connectivity index (χ3n) is 2.10. The first-order valence-electron chi connectivity index (χ1n) is 5.10. The van der Waals surface area contributed by atoms with Crippen LogP contribution in [0.25, 0.3) is 0 Å². The maximum absolute atomic E-state index is 5.68. The van der Waals surface area contributed by atoms with Crippen molar-refractivity contribution in [1.82, 2.24) is 9.97 Å². The summed E-state index contributed by atoms with van der Waals surface area (Å²) >= 11 is 1.53. The molecule has 0 saturated heterocycles. The Morgan fingerprint density at radius 2 is 2.06 bits per heavy atom. The van der Waals surface area contributed by atoms with Crippen molar-refractivity contribution in [1.29, 1.82) is 0 Å². The molecule has 0 unspecified atom stereocenters. The first kappa shape index (κ1) is 11.7. The van der Waals surface area contributed by atoms with Crippen molar-refractivity contribution in [3.8, 4) is 5.75 Å². The van der Waals surface area contributed by atoms with Crippen molar-refractivity contribution >= 4 is 17.6 Å². The van der Waals surface area contributed by atoms with Gasteiger partial charge in [-0.15, -0.1) is 0 Å². The number of aromatic nitrogens is 2. The van der Waals surface area contributed by atoms with E-state index < -0.39 is 0 Å². The summed E-state index contributed by atoms with van der Waals surface area (Å²) in [6, 6.07) is 9.57. The predicted octanol–water partition coefficient (Wildman–Crippen LogP) is 2.53. The van der Waals surface area contributed by atoms with E-state index in [1.165, 1.54) is 11.8 Å². The highest BCUT2D eigenvalue weighted by atomic mass is 32.2. The van der Waals surface area contributed by atoms with E-state index >= 15 is 0 Å². The summed E-state index contributed by atoms with van der Waals surface area (Å²) in [6.45, 7) is 1.83. The van der Waals surface area contributed by atoms with E-state index in [0.29, 0.717) is 11.6 Å². The van der Waals surface area contributed by atoms with Gasteiger partial charge in [0.05, 0.1) is 7.11 Å². The minimum atomic E-state index is 0.489. The van der Waals surface area contributed by atoms with Crippen LogP contribution in [0.15, 0.2) is 40.3 Å². The summed E-state index contributed by atoms with van der Waals surface area (Å²) in [4.78, 5) is 9.41. The van der Waals surface area contributed by atoms with E-state index in [0.717, 1.165) is 15.7 Å². The molecule has 0 saturated carbocycles. The molecule has 88 valence electrons. The molecule has 0 amide bonds. The van der Waals surface area contributed by atoms with Gasteiger partial charge in [0, 0.05) is 11.0 Å². The SMILES string of the molecule is COc1cccc(Sc2cc(N)nc(C)n2)c1. The average molecular weight is 247 g/mol. The van der Waals surface area contributed by atoms with Gasteiger partial charge in [0.15, 0.2) is 0 Å². The average Bonchev–Trinajstić information content (AvgIpc) is 2.28. The van der Waals surface area contributed by atoms with E-state index in [1.54, 1.807) is 13.2 Å². The molecule has 2 N–H and O–H groups in total. The second-order valence-electron chi connectivity index (χ2n) is 3.46. The normalized spacial score (nSPS) is 10.2. The molecule has 2 aromatic rings. The molecule has 4 nitrogen and oxygen atoms in total. The lowest BCUT2D eigenvalue weighted by molar-refractivity contribution is 0.413. The van der Waals surface area contributed by atoms with Crippen LogP contribution < -0.4 is 10.5 Å². The molecule has 5 heteroatoms. The Kier molecular flexibility index (Phi) is 3.49. The zero-order valence-corrected chi connectivity index (χ0v) is 10.5. The molecule has 0 aliphatic rings. The Balaban J connectivity index is 2.24. The fraction of sp³-hybridized carbons (Fsp3) is 0.167. The largest absolute Gasteiger partial charge is 0.497 e. The maximum atomic E-state index is 5.68. The van der Waals surface area contributed by atoms with Crippen LogP contribution in [0.4, 0.5) is 5.82 Å². The van der Waals surface area contributed by atoms with Gasteiger partial charge in [-0.2, -0.15) is 0 Å². The zero-order valence-electron chi connectivity index (χ0n) is 9.68. The first-order valence-corrected chi connectivity index (χ1v) is 5.92. The molecule has 0 fully saturated rings. The molecular weight excluding hydrogens is 234 g/mol. The van der Waals surface area contributed by atoms with Gasteiger partial charge in [0.2, 0.25) is 0 Å². The van der Waals surface area contributed by atoms with E-state index in [4.69, 9.17) is 10.5 Å². The van der Waals surface area contributed by atoms with Crippen LogP contribution in [0.2, 0.25) is 0 Å². The summed E-state index contributed by atoms with van der Waals surface area (Å²) in [6.07, 6.45) is 0. The van der Waals surface area contributed by atoms with Crippen LogP contribution in [-0.4, -0.2) is 17.1 Å². The Morgan fingerprint density at radius 3 is 2.76 bits per heavy atom. The third kappa shape index (κ3) is 3.10. The highest BCUT2D eigenvalue weighted by molar-refractivity contribution is 7.99. The zero-order chi connectivity index (χ0) is 12.3. The first-order chi connectivity index (χ1) is 8.17. The van der Waals surface area contributed by atoms with Crippen LogP contribution in [0.5, 0.6) is 5.75 Å². The predicted molar refractivity (Wildman–Crippen MR) is 68.3 cm³/mol. The number of methoxy groups -OCH3 is 1. The van der Waals surface area contributed by atoms with Crippen molar-refractivity contribution in [3.63, 3.8) is 0 Å². The second-order valence-corrected chi connectivity index (χ2v) is 4.55. The summed E-state index contributed by atoms with van der Waals surface area (Å²) in [7, 11) is 1.65.